The first-order valence-corrected chi connectivity index (χ1v) is 8.04. The van der Waals surface area contributed by atoms with Crippen LogP contribution < -0.4 is 9.47 Å². The summed E-state index contributed by atoms with van der Waals surface area (Å²) in [4.78, 5) is 12.2. The zero-order valence-corrected chi connectivity index (χ0v) is 14.4. The maximum atomic E-state index is 12.2. The van der Waals surface area contributed by atoms with Crippen molar-refractivity contribution in [1.29, 1.82) is 5.26 Å². The number of Topliss-reactive ketones (excluding diaryl/α,β-unsaturated/α-hetero) is 1. The molecule has 0 spiro atoms. The Morgan fingerprint density at radius 3 is 2.65 bits per heavy atom. The van der Waals surface area contributed by atoms with E-state index < -0.39 is 0 Å². The fourth-order valence-electron chi connectivity index (χ4n) is 2.00. The highest BCUT2D eigenvalue weighted by Crippen LogP contribution is 2.29. The predicted octanol–water partition coefficient (Wildman–Crippen LogP) is 4.40. The molecule has 0 aliphatic carbocycles. The Morgan fingerprint density at radius 1 is 1.35 bits per heavy atom. The van der Waals surface area contributed by atoms with Gasteiger partial charge in [-0.25, -0.2) is 0 Å². The van der Waals surface area contributed by atoms with Crippen molar-refractivity contribution in [3.05, 3.63) is 29.3 Å². The number of benzene rings is 1. The summed E-state index contributed by atoms with van der Waals surface area (Å²) in [6, 6.07) is 7.41. The number of carbonyl (C=O) groups is 1. The van der Waals surface area contributed by atoms with E-state index in [0.717, 1.165) is 18.4 Å². The SMILES string of the molecule is CCCCOc1cc(/C=C(\C#N)C(=O)[C@H](C)CC)ccc1OC. The molecule has 1 aromatic rings. The van der Waals surface area contributed by atoms with Gasteiger partial charge in [-0.2, -0.15) is 5.26 Å². The minimum absolute atomic E-state index is 0.126. The summed E-state index contributed by atoms with van der Waals surface area (Å²) in [5, 5.41) is 9.25. The Bertz CT molecular complexity index is 599. The predicted molar refractivity (Wildman–Crippen MR) is 91.4 cm³/mol. The van der Waals surface area contributed by atoms with Crippen LogP contribution in [0.25, 0.3) is 6.08 Å². The highest BCUT2D eigenvalue weighted by Gasteiger charge is 2.16. The maximum Gasteiger partial charge on any atom is 0.176 e. The molecule has 0 saturated heterocycles. The minimum Gasteiger partial charge on any atom is -0.493 e. The van der Waals surface area contributed by atoms with Crippen LogP contribution in [0.4, 0.5) is 0 Å². The molecule has 0 heterocycles. The summed E-state index contributed by atoms with van der Waals surface area (Å²) in [5.41, 5.74) is 0.925. The van der Waals surface area contributed by atoms with Crippen molar-refractivity contribution in [3.8, 4) is 17.6 Å². The van der Waals surface area contributed by atoms with Crippen LogP contribution >= 0.6 is 0 Å². The first kappa shape index (κ1) is 18.8. The van der Waals surface area contributed by atoms with Gasteiger partial charge in [0.2, 0.25) is 0 Å². The number of hydrogen-bond donors (Lipinski definition) is 0. The molecular weight excluding hydrogens is 290 g/mol. The lowest BCUT2D eigenvalue weighted by Crippen LogP contribution is -2.11. The van der Waals surface area contributed by atoms with Crippen molar-refractivity contribution in [3.63, 3.8) is 0 Å². The maximum absolute atomic E-state index is 12.2. The summed E-state index contributed by atoms with van der Waals surface area (Å²) < 4.78 is 11.0. The number of ether oxygens (including phenoxy) is 2. The zero-order chi connectivity index (χ0) is 17.2. The van der Waals surface area contributed by atoms with E-state index in [-0.39, 0.29) is 17.3 Å². The topological polar surface area (TPSA) is 59.3 Å². The molecule has 0 N–H and O–H groups in total. The number of methoxy groups -OCH3 is 1. The van der Waals surface area contributed by atoms with Gasteiger partial charge >= 0.3 is 0 Å². The molecule has 0 aromatic heterocycles. The van der Waals surface area contributed by atoms with Crippen LogP contribution in [0.5, 0.6) is 11.5 Å². The van der Waals surface area contributed by atoms with E-state index in [1.54, 1.807) is 25.3 Å². The molecule has 4 heteroatoms. The van der Waals surface area contributed by atoms with Gasteiger partial charge in [-0.1, -0.05) is 33.3 Å². The fraction of sp³-hybridized carbons (Fsp3) is 0.474. The molecule has 1 atom stereocenters. The quantitative estimate of drug-likeness (QED) is 0.385. The molecule has 4 nitrogen and oxygen atoms in total. The van der Waals surface area contributed by atoms with Gasteiger partial charge < -0.3 is 9.47 Å². The lowest BCUT2D eigenvalue weighted by Gasteiger charge is -2.11. The number of ketones is 1. The molecule has 1 aromatic carbocycles. The number of nitrogens with zero attached hydrogens (tertiary/aromatic N) is 1. The Hall–Kier alpha value is -2.28. The zero-order valence-electron chi connectivity index (χ0n) is 14.4. The van der Waals surface area contributed by atoms with Gasteiger partial charge in [-0.15, -0.1) is 0 Å². The normalized spacial score (nSPS) is 12.4. The first-order chi connectivity index (χ1) is 11.1. The lowest BCUT2D eigenvalue weighted by atomic mass is 9.96. The van der Waals surface area contributed by atoms with Gasteiger partial charge in [0.1, 0.15) is 6.07 Å². The van der Waals surface area contributed by atoms with Gasteiger partial charge in [0.05, 0.1) is 19.3 Å². The average Bonchev–Trinajstić information content (AvgIpc) is 2.58. The van der Waals surface area contributed by atoms with Crippen molar-refractivity contribution in [2.75, 3.05) is 13.7 Å². The second-order valence-corrected chi connectivity index (χ2v) is 5.46. The number of unbranched alkanes of at least 4 members (excludes halogenated alkanes) is 1. The van der Waals surface area contributed by atoms with E-state index in [0.29, 0.717) is 24.5 Å². The molecular formula is C19H25NO3. The van der Waals surface area contributed by atoms with Crippen LogP contribution in [0.3, 0.4) is 0 Å². The number of carbonyl (C=O) groups excluding carboxylic acids is 1. The molecule has 0 fully saturated rings. The molecule has 0 amide bonds. The van der Waals surface area contributed by atoms with Crippen molar-refractivity contribution in [2.24, 2.45) is 5.92 Å². The van der Waals surface area contributed by atoms with Crippen molar-refractivity contribution in [1.82, 2.24) is 0 Å². The third-order valence-electron chi connectivity index (χ3n) is 3.70. The van der Waals surface area contributed by atoms with Crippen molar-refractivity contribution >= 4 is 11.9 Å². The molecule has 0 radical (unpaired) electrons. The van der Waals surface area contributed by atoms with Gasteiger partial charge in [-0.05, 0) is 36.6 Å². The van der Waals surface area contributed by atoms with E-state index in [1.165, 1.54) is 0 Å². The van der Waals surface area contributed by atoms with Gasteiger partial charge in [0.15, 0.2) is 17.3 Å². The second kappa shape index (κ2) is 9.68. The van der Waals surface area contributed by atoms with E-state index >= 15 is 0 Å². The monoisotopic (exact) mass is 315 g/mol. The highest BCUT2D eigenvalue weighted by atomic mass is 16.5. The summed E-state index contributed by atoms with van der Waals surface area (Å²) in [5.74, 6) is 0.992. The number of hydrogen-bond acceptors (Lipinski definition) is 4. The van der Waals surface area contributed by atoms with Crippen molar-refractivity contribution in [2.45, 2.75) is 40.0 Å². The summed E-state index contributed by atoms with van der Waals surface area (Å²) in [7, 11) is 1.59. The summed E-state index contributed by atoms with van der Waals surface area (Å²) in [6.07, 6.45) is 4.33. The highest BCUT2D eigenvalue weighted by molar-refractivity contribution is 6.04. The van der Waals surface area contributed by atoms with Crippen LogP contribution in [-0.2, 0) is 4.79 Å². The summed E-state index contributed by atoms with van der Waals surface area (Å²) in [6.45, 7) is 6.47. The number of rotatable bonds is 9. The Balaban J connectivity index is 3.07. The number of nitriles is 1. The molecule has 23 heavy (non-hydrogen) atoms. The van der Waals surface area contributed by atoms with E-state index in [1.807, 2.05) is 26.0 Å². The third-order valence-corrected chi connectivity index (χ3v) is 3.70. The second-order valence-electron chi connectivity index (χ2n) is 5.46. The van der Waals surface area contributed by atoms with Crippen LogP contribution in [0.2, 0.25) is 0 Å². The minimum atomic E-state index is -0.153. The van der Waals surface area contributed by atoms with E-state index in [2.05, 4.69) is 6.92 Å². The van der Waals surface area contributed by atoms with Crippen LogP contribution in [0.1, 0.15) is 45.6 Å². The first-order valence-electron chi connectivity index (χ1n) is 8.04. The van der Waals surface area contributed by atoms with Gasteiger partial charge in [-0.3, -0.25) is 4.79 Å². The lowest BCUT2D eigenvalue weighted by molar-refractivity contribution is -0.118. The fourth-order valence-corrected chi connectivity index (χ4v) is 2.00. The Labute approximate surface area is 138 Å². The van der Waals surface area contributed by atoms with Crippen molar-refractivity contribution < 1.29 is 14.3 Å². The Kier molecular flexibility index (Phi) is 7.90. The number of allylic oxidation sites excluding steroid dienone is 1. The van der Waals surface area contributed by atoms with Gasteiger partial charge in [0, 0.05) is 5.92 Å². The van der Waals surface area contributed by atoms with E-state index in [9.17, 15) is 10.1 Å². The molecule has 0 aliphatic heterocycles. The molecule has 0 bridgehead atoms. The van der Waals surface area contributed by atoms with Gasteiger partial charge in [0.25, 0.3) is 0 Å². The molecule has 0 aliphatic rings. The molecule has 124 valence electrons. The standard InChI is InChI=1S/C19H25NO3/c1-5-7-10-23-18-12-15(8-9-17(18)22-4)11-16(13-20)19(21)14(3)6-2/h8-9,11-12,14H,5-7,10H2,1-4H3/b16-11+/t14-/m1/s1. The molecule has 0 saturated carbocycles. The molecule has 0 unspecified atom stereocenters. The largest absolute Gasteiger partial charge is 0.493 e. The van der Waals surface area contributed by atoms with Crippen LogP contribution in [0, 0.1) is 17.2 Å². The van der Waals surface area contributed by atoms with E-state index in [4.69, 9.17) is 9.47 Å². The average molecular weight is 315 g/mol. The third kappa shape index (κ3) is 5.45. The van der Waals surface area contributed by atoms with Crippen LogP contribution in [0.15, 0.2) is 23.8 Å². The Morgan fingerprint density at radius 2 is 2.09 bits per heavy atom. The smallest absolute Gasteiger partial charge is 0.176 e. The van der Waals surface area contributed by atoms with Crippen LogP contribution in [-0.4, -0.2) is 19.5 Å². The summed E-state index contributed by atoms with van der Waals surface area (Å²) >= 11 is 0. The molecule has 1 rings (SSSR count).